The Morgan fingerprint density at radius 3 is 2.60 bits per heavy atom. The zero-order valence-corrected chi connectivity index (χ0v) is 19.7. The van der Waals surface area contributed by atoms with Crippen molar-refractivity contribution in [1.29, 1.82) is 0 Å². The number of nitrogens with one attached hydrogen (secondary N) is 1. The zero-order chi connectivity index (χ0) is 25.4. The average molecular weight is 515 g/mol. The quantitative estimate of drug-likeness (QED) is 0.396. The van der Waals surface area contributed by atoms with E-state index in [-0.39, 0.29) is 18.8 Å². The number of benzene rings is 1. The number of carbonyl (C=O) groups is 1. The summed E-state index contributed by atoms with van der Waals surface area (Å²) < 4.78 is 64.6. The van der Waals surface area contributed by atoms with Crippen LogP contribution in [-0.2, 0) is 23.4 Å². The molecule has 190 valence electrons. The molecule has 2 fully saturated rings. The number of ether oxygens (including phenoxy) is 2. The third-order valence-electron chi connectivity index (χ3n) is 5.51. The molecule has 4 rings (SSSR count). The molecule has 2 aliphatic rings. The summed E-state index contributed by atoms with van der Waals surface area (Å²) in [6.45, 7) is 2.64. The van der Waals surface area contributed by atoms with Gasteiger partial charge in [0.15, 0.2) is 6.10 Å². The first-order chi connectivity index (χ1) is 16.5. The number of nitrogens with zero attached hydrogens (tertiary/aromatic N) is 2. The lowest BCUT2D eigenvalue weighted by Gasteiger charge is -2.24. The van der Waals surface area contributed by atoms with Crippen molar-refractivity contribution in [2.24, 2.45) is 0 Å². The monoisotopic (exact) mass is 515 g/mol. The van der Waals surface area contributed by atoms with Crippen molar-refractivity contribution in [3.63, 3.8) is 0 Å². The lowest BCUT2D eigenvalue weighted by atomic mass is 10.1. The maximum atomic E-state index is 14.8. The predicted molar refractivity (Wildman–Crippen MR) is 116 cm³/mol. The molecule has 2 aliphatic heterocycles. The Hall–Kier alpha value is -2.70. The maximum Gasteiger partial charge on any atom is 0.459 e. The molecule has 5 atom stereocenters. The number of carbonyl (C=O) groups excluding carboxylic acids is 1. The fraction of sp³-hybridized carbons (Fsp3) is 0.476. The van der Waals surface area contributed by atoms with Gasteiger partial charge in [0.2, 0.25) is 6.23 Å². The van der Waals surface area contributed by atoms with Gasteiger partial charge in [0, 0.05) is 18.3 Å². The minimum Gasteiger partial charge on any atom is -0.464 e. The van der Waals surface area contributed by atoms with Gasteiger partial charge in [-0.1, -0.05) is 17.7 Å². The number of aliphatic hydroxyl groups excluding tert-OH is 1. The molecule has 0 aliphatic carbocycles. The zero-order valence-electron chi connectivity index (χ0n) is 18.8. The van der Waals surface area contributed by atoms with Crippen LogP contribution in [0.2, 0.25) is 0 Å². The number of esters is 1. The molecule has 2 N–H and O–H groups in total. The van der Waals surface area contributed by atoms with Gasteiger partial charge in [0.05, 0.1) is 13.2 Å². The van der Waals surface area contributed by atoms with Gasteiger partial charge in [-0.15, -0.1) is 0 Å². The highest BCUT2D eigenvalue weighted by atomic mass is 31.2. The highest BCUT2D eigenvalue weighted by Crippen LogP contribution is 2.48. The number of rotatable bonds is 8. The van der Waals surface area contributed by atoms with Crippen LogP contribution in [0.3, 0.4) is 0 Å². The number of alkyl halides is 2. The molecule has 3 heterocycles. The molecule has 1 aromatic carbocycles. The Bertz CT molecular complexity index is 1190. The van der Waals surface area contributed by atoms with Gasteiger partial charge in [-0.3, -0.25) is 13.9 Å². The summed E-state index contributed by atoms with van der Waals surface area (Å²) in [6.07, 6.45) is -4.98. The molecule has 0 saturated carbocycles. The Morgan fingerprint density at radius 2 is 1.97 bits per heavy atom. The van der Waals surface area contributed by atoms with Crippen molar-refractivity contribution in [2.45, 2.75) is 50.7 Å². The van der Waals surface area contributed by atoms with Crippen LogP contribution in [0.4, 0.5) is 8.78 Å². The summed E-state index contributed by atoms with van der Waals surface area (Å²) in [5.41, 5.74) is 0.231. The van der Waals surface area contributed by atoms with E-state index in [1.807, 2.05) is 6.92 Å². The third-order valence-corrected chi connectivity index (χ3v) is 7.07. The first kappa shape index (κ1) is 25.4. The SMILES string of the molecule is Cc1ccc(OP(=O)(N[C@H]2CCOC2=O)OC[C@H]2O[C@@H](n3ccc(C)nc3=O)C(F)(F)[C@@H]2O)cc1. The highest BCUT2D eigenvalue weighted by Gasteiger charge is 2.60. The van der Waals surface area contributed by atoms with Crippen LogP contribution in [0.5, 0.6) is 5.75 Å². The number of aromatic nitrogens is 2. The average Bonchev–Trinajstić information content (AvgIpc) is 3.29. The minimum absolute atomic E-state index is 0.0960. The lowest BCUT2D eigenvalue weighted by Crippen LogP contribution is -2.42. The van der Waals surface area contributed by atoms with Crippen LogP contribution >= 0.6 is 7.75 Å². The van der Waals surface area contributed by atoms with E-state index in [0.717, 1.165) is 11.8 Å². The van der Waals surface area contributed by atoms with Gasteiger partial charge in [-0.25, -0.2) is 9.36 Å². The molecule has 0 amide bonds. The van der Waals surface area contributed by atoms with Gasteiger partial charge < -0.3 is 19.1 Å². The largest absolute Gasteiger partial charge is 0.464 e. The van der Waals surface area contributed by atoms with Gasteiger partial charge in [0.1, 0.15) is 17.9 Å². The molecule has 14 heteroatoms. The van der Waals surface area contributed by atoms with Crippen molar-refractivity contribution in [3.05, 3.63) is 58.3 Å². The summed E-state index contributed by atoms with van der Waals surface area (Å²) in [5.74, 6) is -4.43. The van der Waals surface area contributed by atoms with E-state index in [9.17, 15) is 28.0 Å². The van der Waals surface area contributed by atoms with E-state index in [2.05, 4.69) is 10.1 Å². The van der Waals surface area contributed by atoms with E-state index in [1.165, 1.54) is 25.1 Å². The molecule has 1 unspecified atom stereocenters. The maximum absolute atomic E-state index is 14.8. The topological polar surface area (TPSA) is 138 Å². The standard InChI is InChI=1S/C21H24F2N3O8P/c1-12-3-5-14(6-4-12)34-35(30,25-15-8-10-31-18(15)28)32-11-16-17(27)21(22,23)19(33-16)26-9-7-13(2)24-20(26)29/h3-7,9,15-17,19,27H,8,10-11H2,1-2H3,(H,25,30)/t15-,16+,17+,19+,35?/m0/s1. The number of halogens is 2. The Balaban J connectivity index is 1.53. The molecule has 0 radical (unpaired) electrons. The molecule has 1 aromatic heterocycles. The van der Waals surface area contributed by atoms with Gasteiger partial charge >= 0.3 is 25.3 Å². The molecular formula is C21H24F2N3O8P. The van der Waals surface area contributed by atoms with Crippen molar-refractivity contribution < 1.29 is 41.8 Å². The molecule has 2 aromatic rings. The lowest BCUT2D eigenvalue weighted by molar-refractivity contribution is -0.141. The molecule has 11 nitrogen and oxygen atoms in total. The van der Waals surface area contributed by atoms with Crippen LogP contribution in [0.25, 0.3) is 0 Å². The summed E-state index contributed by atoms with van der Waals surface area (Å²) in [5, 5.41) is 12.7. The predicted octanol–water partition coefficient (Wildman–Crippen LogP) is 1.86. The van der Waals surface area contributed by atoms with Gasteiger partial charge in [-0.2, -0.15) is 18.9 Å². The number of hydrogen-bond donors (Lipinski definition) is 2. The Kier molecular flexibility index (Phi) is 7.07. The molecule has 35 heavy (non-hydrogen) atoms. The second-order valence-corrected chi connectivity index (χ2v) is 9.93. The van der Waals surface area contributed by atoms with Crippen LogP contribution in [0.1, 0.15) is 23.9 Å². The number of cyclic esters (lactones) is 1. The van der Waals surface area contributed by atoms with E-state index >= 15 is 0 Å². The first-order valence-electron chi connectivity index (χ1n) is 10.7. The van der Waals surface area contributed by atoms with Crippen molar-refractivity contribution >= 4 is 13.7 Å². The summed E-state index contributed by atoms with van der Waals surface area (Å²) in [4.78, 5) is 27.6. The normalized spacial score (nSPS) is 27.4. The minimum atomic E-state index is -4.34. The van der Waals surface area contributed by atoms with E-state index in [0.29, 0.717) is 10.3 Å². The molecule has 0 bridgehead atoms. The molecular weight excluding hydrogens is 491 g/mol. The number of aliphatic hydroxyl groups is 1. The van der Waals surface area contributed by atoms with Crippen LogP contribution in [-0.4, -0.2) is 58.0 Å². The molecule has 0 spiro atoms. The van der Waals surface area contributed by atoms with Gasteiger partial charge in [-0.05, 0) is 32.0 Å². The van der Waals surface area contributed by atoms with Gasteiger partial charge in [0.25, 0.3) is 0 Å². The van der Waals surface area contributed by atoms with Crippen molar-refractivity contribution in [3.8, 4) is 5.75 Å². The van der Waals surface area contributed by atoms with E-state index in [1.54, 1.807) is 12.1 Å². The third kappa shape index (κ3) is 5.44. The second kappa shape index (κ2) is 9.75. The smallest absolute Gasteiger partial charge is 0.459 e. The van der Waals surface area contributed by atoms with Crippen molar-refractivity contribution in [1.82, 2.24) is 14.6 Å². The summed E-state index contributed by atoms with van der Waals surface area (Å²) in [6, 6.07) is 6.74. The van der Waals surface area contributed by atoms with E-state index < -0.39 is 56.4 Å². The highest BCUT2D eigenvalue weighted by molar-refractivity contribution is 7.52. The van der Waals surface area contributed by atoms with Crippen LogP contribution < -0.4 is 15.3 Å². The Labute approximate surface area is 198 Å². The summed E-state index contributed by atoms with van der Waals surface area (Å²) in [7, 11) is -4.34. The first-order valence-corrected chi connectivity index (χ1v) is 12.3. The van der Waals surface area contributed by atoms with Crippen LogP contribution in [0.15, 0.2) is 41.3 Å². The number of hydrogen-bond acceptors (Lipinski definition) is 9. The van der Waals surface area contributed by atoms with Crippen LogP contribution in [0, 0.1) is 13.8 Å². The second-order valence-electron chi connectivity index (χ2n) is 8.24. The number of aryl methyl sites for hydroxylation is 2. The summed E-state index contributed by atoms with van der Waals surface area (Å²) >= 11 is 0. The van der Waals surface area contributed by atoms with Crippen molar-refractivity contribution in [2.75, 3.05) is 13.2 Å². The molecule has 2 saturated heterocycles. The fourth-order valence-corrected chi connectivity index (χ4v) is 5.12. The Morgan fingerprint density at radius 1 is 1.26 bits per heavy atom. The fourth-order valence-electron chi connectivity index (χ4n) is 3.59. The van der Waals surface area contributed by atoms with E-state index in [4.69, 9.17) is 18.5 Å².